The average Bonchev–Trinajstić information content (AvgIpc) is 2.53. The number of benzene rings is 1. The molecule has 1 aromatic carbocycles. The molecule has 0 bridgehead atoms. The highest BCUT2D eigenvalue weighted by atomic mass is 35.5. The minimum Gasteiger partial charge on any atom is -0.398 e. The second-order valence-corrected chi connectivity index (χ2v) is 6.20. The molecular formula is C14H16BClF2O2. The van der Waals surface area contributed by atoms with Gasteiger partial charge in [-0.25, -0.2) is 8.78 Å². The molecule has 0 amide bonds. The topological polar surface area (TPSA) is 18.5 Å². The first-order valence-corrected chi connectivity index (χ1v) is 6.68. The van der Waals surface area contributed by atoms with Crippen molar-refractivity contribution >= 4 is 24.8 Å². The van der Waals surface area contributed by atoms with Gasteiger partial charge in [-0.15, -0.1) is 0 Å². The molecule has 108 valence electrons. The van der Waals surface area contributed by atoms with Crippen molar-refractivity contribution in [2.75, 3.05) is 0 Å². The Morgan fingerprint density at radius 2 is 1.75 bits per heavy atom. The van der Waals surface area contributed by atoms with E-state index in [9.17, 15) is 8.78 Å². The number of hydrogen-bond acceptors (Lipinski definition) is 2. The summed E-state index contributed by atoms with van der Waals surface area (Å²) in [5, 5.41) is -0.00167. The van der Waals surface area contributed by atoms with Crippen molar-refractivity contribution in [1.29, 1.82) is 0 Å². The third-order valence-electron chi connectivity index (χ3n) is 3.73. The average molecular weight is 301 g/mol. The maximum Gasteiger partial charge on any atom is 0.525 e. The third kappa shape index (κ3) is 2.90. The SMILES string of the molecule is CC1(C)OB(C(F)=Cc2ccc(Cl)c(F)c2)OC1(C)C. The maximum atomic E-state index is 14.2. The minimum atomic E-state index is -1.08. The molecule has 2 nitrogen and oxygen atoms in total. The van der Waals surface area contributed by atoms with Gasteiger partial charge in [0.15, 0.2) is 0 Å². The van der Waals surface area contributed by atoms with Crippen LogP contribution < -0.4 is 0 Å². The van der Waals surface area contributed by atoms with Crippen molar-refractivity contribution < 1.29 is 18.1 Å². The highest BCUT2D eigenvalue weighted by Crippen LogP contribution is 2.39. The van der Waals surface area contributed by atoms with Crippen molar-refractivity contribution in [3.8, 4) is 0 Å². The Hall–Kier alpha value is -0.905. The molecule has 0 aromatic heterocycles. The number of rotatable bonds is 2. The van der Waals surface area contributed by atoms with Crippen LogP contribution in [0.5, 0.6) is 0 Å². The predicted molar refractivity (Wildman–Crippen MR) is 76.6 cm³/mol. The number of halogens is 3. The second-order valence-electron chi connectivity index (χ2n) is 5.79. The van der Waals surface area contributed by atoms with Crippen LogP contribution in [0.4, 0.5) is 8.78 Å². The van der Waals surface area contributed by atoms with Crippen LogP contribution in [-0.2, 0) is 9.31 Å². The summed E-state index contributed by atoms with van der Waals surface area (Å²) in [7, 11) is -1.08. The van der Waals surface area contributed by atoms with E-state index in [1.165, 1.54) is 18.2 Å². The molecule has 1 aliphatic heterocycles. The molecule has 0 spiro atoms. The molecule has 0 aliphatic carbocycles. The van der Waals surface area contributed by atoms with E-state index in [1.807, 2.05) is 27.7 Å². The van der Waals surface area contributed by atoms with Crippen LogP contribution in [-0.4, -0.2) is 18.3 Å². The lowest BCUT2D eigenvalue weighted by atomic mass is 9.87. The van der Waals surface area contributed by atoms with Gasteiger partial charge in [-0.1, -0.05) is 17.7 Å². The first-order chi connectivity index (χ1) is 9.12. The molecule has 1 fully saturated rings. The molecule has 1 aromatic rings. The summed E-state index contributed by atoms with van der Waals surface area (Å²) >= 11 is 5.58. The van der Waals surface area contributed by atoms with E-state index in [4.69, 9.17) is 20.9 Å². The van der Waals surface area contributed by atoms with Gasteiger partial charge >= 0.3 is 7.12 Å². The van der Waals surface area contributed by atoms with Crippen molar-refractivity contribution in [1.82, 2.24) is 0 Å². The summed E-state index contributed by atoms with van der Waals surface area (Å²) in [6.07, 6.45) is 1.18. The fourth-order valence-corrected chi connectivity index (χ4v) is 1.90. The van der Waals surface area contributed by atoms with Gasteiger partial charge < -0.3 is 9.31 Å². The maximum absolute atomic E-state index is 14.2. The molecule has 0 unspecified atom stereocenters. The number of hydrogen-bond donors (Lipinski definition) is 0. The molecule has 0 saturated carbocycles. The Labute approximate surface area is 122 Å². The fraction of sp³-hybridized carbons (Fsp3) is 0.429. The van der Waals surface area contributed by atoms with Crippen molar-refractivity contribution in [3.05, 3.63) is 40.3 Å². The largest absolute Gasteiger partial charge is 0.525 e. The van der Waals surface area contributed by atoms with E-state index in [1.54, 1.807) is 0 Å². The van der Waals surface area contributed by atoms with Crippen LogP contribution in [0.1, 0.15) is 33.3 Å². The van der Waals surface area contributed by atoms with Crippen molar-refractivity contribution in [3.63, 3.8) is 0 Å². The molecule has 20 heavy (non-hydrogen) atoms. The predicted octanol–water partition coefficient (Wildman–Crippen LogP) is 4.42. The summed E-state index contributed by atoms with van der Waals surface area (Å²) in [4.78, 5) is 0. The Morgan fingerprint density at radius 3 is 2.25 bits per heavy atom. The van der Waals surface area contributed by atoms with Gasteiger partial charge in [-0.05, 0) is 51.5 Å². The Morgan fingerprint density at radius 1 is 1.20 bits per heavy atom. The first kappa shape index (κ1) is 15.5. The first-order valence-electron chi connectivity index (χ1n) is 6.30. The van der Waals surface area contributed by atoms with Gasteiger partial charge in [0.25, 0.3) is 0 Å². The van der Waals surface area contributed by atoms with Crippen molar-refractivity contribution in [2.45, 2.75) is 38.9 Å². The van der Waals surface area contributed by atoms with Gasteiger partial charge in [-0.2, -0.15) is 0 Å². The quantitative estimate of drug-likeness (QED) is 0.753. The molecule has 1 heterocycles. The Kier molecular flexibility index (Phi) is 3.97. The normalized spacial score (nSPS) is 21.4. The van der Waals surface area contributed by atoms with Crippen LogP contribution >= 0.6 is 11.6 Å². The van der Waals surface area contributed by atoms with Gasteiger partial charge in [0, 0.05) is 0 Å². The summed E-state index contributed by atoms with van der Waals surface area (Å²) < 4.78 is 38.6. The van der Waals surface area contributed by atoms with Gasteiger partial charge in [0.1, 0.15) is 11.5 Å². The van der Waals surface area contributed by atoms with Crippen molar-refractivity contribution in [2.24, 2.45) is 0 Å². The zero-order valence-corrected chi connectivity index (χ0v) is 12.6. The molecule has 6 heteroatoms. The Balaban J connectivity index is 2.22. The van der Waals surface area contributed by atoms with Crippen LogP contribution in [0, 0.1) is 5.82 Å². The van der Waals surface area contributed by atoms with Gasteiger partial charge in [-0.3, -0.25) is 0 Å². The molecule has 0 atom stereocenters. The Bertz CT molecular complexity index is 542. The van der Waals surface area contributed by atoms with E-state index >= 15 is 0 Å². The van der Waals surface area contributed by atoms with Gasteiger partial charge in [0.05, 0.1) is 16.2 Å². The van der Waals surface area contributed by atoms with E-state index in [0.29, 0.717) is 5.56 Å². The summed E-state index contributed by atoms with van der Waals surface area (Å²) in [6, 6.07) is 4.06. The molecule has 0 radical (unpaired) electrons. The molecular weight excluding hydrogens is 284 g/mol. The van der Waals surface area contributed by atoms with Crippen LogP contribution in [0.2, 0.25) is 5.02 Å². The lowest BCUT2D eigenvalue weighted by Crippen LogP contribution is -2.41. The molecule has 1 aliphatic rings. The van der Waals surface area contributed by atoms with E-state index < -0.39 is 29.9 Å². The summed E-state index contributed by atoms with van der Waals surface area (Å²) in [6.45, 7) is 7.34. The van der Waals surface area contributed by atoms with Gasteiger partial charge in [0.2, 0.25) is 0 Å². The minimum absolute atomic E-state index is 0.00167. The zero-order valence-electron chi connectivity index (χ0n) is 11.8. The van der Waals surface area contributed by atoms with E-state index in [-0.39, 0.29) is 5.02 Å². The standard InChI is InChI=1S/C14H16BClF2O2/c1-13(2)14(3,4)20-15(19-13)12(18)8-9-5-6-10(16)11(17)7-9/h5-8H,1-4H3. The monoisotopic (exact) mass is 300 g/mol. The van der Waals surface area contributed by atoms with E-state index in [0.717, 1.165) is 6.07 Å². The smallest absolute Gasteiger partial charge is 0.398 e. The lowest BCUT2D eigenvalue weighted by molar-refractivity contribution is 0.00578. The molecule has 0 N–H and O–H groups in total. The second kappa shape index (κ2) is 5.13. The zero-order chi connectivity index (χ0) is 15.1. The highest BCUT2D eigenvalue weighted by molar-refractivity contribution is 6.54. The summed E-state index contributed by atoms with van der Waals surface area (Å²) in [5.74, 6) is -0.595. The summed E-state index contributed by atoms with van der Waals surface area (Å²) in [5.41, 5.74) is -1.48. The lowest BCUT2D eigenvalue weighted by Gasteiger charge is -2.32. The third-order valence-corrected chi connectivity index (χ3v) is 4.03. The van der Waals surface area contributed by atoms with Crippen LogP contribution in [0.3, 0.4) is 0 Å². The van der Waals surface area contributed by atoms with Crippen LogP contribution in [0.15, 0.2) is 23.9 Å². The molecule has 2 rings (SSSR count). The highest BCUT2D eigenvalue weighted by Gasteiger charge is 2.53. The van der Waals surface area contributed by atoms with E-state index in [2.05, 4.69) is 0 Å². The van der Waals surface area contributed by atoms with Crippen LogP contribution in [0.25, 0.3) is 6.08 Å². The molecule has 1 saturated heterocycles. The fourth-order valence-electron chi connectivity index (χ4n) is 1.79.